The Kier molecular flexibility index (Phi) is 7.25. The van der Waals surface area contributed by atoms with Crippen LogP contribution in [0.15, 0.2) is 48.8 Å². The quantitative estimate of drug-likeness (QED) is 0.338. The molecule has 4 nitrogen and oxygen atoms in total. The second-order valence-electron chi connectivity index (χ2n) is 8.10. The van der Waals surface area contributed by atoms with Crippen molar-refractivity contribution in [3.63, 3.8) is 0 Å². The van der Waals surface area contributed by atoms with E-state index in [2.05, 4.69) is 70.8 Å². The van der Waals surface area contributed by atoms with Crippen LogP contribution < -0.4 is 4.74 Å². The van der Waals surface area contributed by atoms with E-state index in [4.69, 9.17) is 4.74 Å². The average molecular weight is 434 g/mol. The van der Waals surface area contributed by atoms with E-state index in [9.17, 15) is 0 Å². The molecule has 0 spiro atoms. The summed E-state index contributed by atoms with van der Waals surface area (Å²) in [6.45, 7) is 7.13. The number of aryl methyl sites for hydroxylation is 3. The van der Waals surface area contributed by atoms with Crippen LogP contribution in [-0.4, -0.2) is 33.7 Å². The Hall–Kier alpha value is -2.37. The average Bonchev–Trinajstić information content (AvgIpc) is 2.81. The molecule has 162 valence electrons. The molecule has 0 saturated heterocycles. The molecule has 2 heterocycles. The maximum absolute atomic E-state index is 6.05. The van der Waals surface area contributed by atoms with E-state index in [0.29, 0.717) is 0 Å². The van der Waals surface area contributed by atoms with E-state index in [-0.39, 0.29) is 0 Å². The summed E-state index contributed by atoms with van der Waals surface area (Å²) in [6.07, 6.45) is 10.1. The fraction of sp³-hybridized carbons (Fsp3) is 0.385. The Morgan fingerprint density at radius 1 is 1.03 bits per heavy atom. The highest BCUT2D eigenvalue weighted by Gasteiger charge is 2.16. The number of aromatic nitrogens is 2. The summed E-state index contributed by atoms with van der Waals surface area (Å²) in [4.78, 5) is 9.05. The fourth-order valence-electron chi connectivity index (χ4n) is 4.02. The molecule has 4 rings (SSSR count). The van der Waals surface area contributed by atoms with Gasteiger partial charge >= 0.3 is 0 Å². The number of rotatable bonds is 8. The minimum atomic E-state index is 0.734. The van der Waals surface area contributed by atoms with Crippen LogP contribution in [0.25, 0.3) is 11.4 Å². The van der Waals surface area contributed by atoms with Gasteiger partial charge in [-0.15, -0.1) is 0 Å². The Morgan fingerprint density at radius 2 is 1.87 bits per heavy atom. The molecule has 0 atom stereocenters. The molecular formula is C26H31N3OS. The molecular weight excluding hydrogens is 402 g/mol. The predicted octanol–water partition coefficient (Wildman–Crippen LogP) is 5.66. The lowest BCUT2D eigenvalue weighted by Gasteiger charge is -2.26. The van der Waals surface area contributed by atoms with Crippen LogP contribution in [-0.2, 0) is 25.8 Å². The summed E-state index contributed by atoms with van der Waals surface area (Å²) in [7, 11) is 0. The van der Waals surface area contributed by atoms with Gasteiger partial charge in [0.05, 0.1) is 6.61 Å². The summed E-state index contributed by atoms with van der Waals surface area (Å²) in [5.74, 6) is 1.80. The first-order valence-electron chi connectivity index (χ1n) is 11.1. The van der Waals surface area contributed by atoms with Gasteiger partial charge in [0.25, 0.3) is 0 Å². The van der Waals surface area contributed by atoms with Crippen LogP contribution >= 0.6 is 11.9 Å². The van der Waals surface area contributed by atoms with Crippen LogP contribution in [0.1, 0.15) is 41.2 Å². The lowest BCUT2D eigenvalue weighted by molar-refractivity contribution is 0.310. The molecule has 1 aromatic heterocycles. The van der Waals surface area contributed by atoms with Gasteiger partial charge in [-0.05, 0) is 78.8 Å². The lowest BCUT2D eigenvalue weighted by Crippen LogP contribution is -2.24. The zero-order valence-corrected chi connectivity index (χ0v) is 19.5. The van der Waals surface area contributed by atoms with Gasteiger partial charge in [-0.2, -0.15) is 0 Å². The summed E-state index contributed by atoms with van der Waals surface area (Å²) >= 11 is 1.83. The molecule has 5 heteroatoms. The van der Waals surface area contributed by atoms with Gasteiger partial charge in [0.15, 0.2) is 5.82 Å². The maximum Gasteiger partial charge on any atom is 0.159 e. The van der Waals surface area contributed by atoms with Gasteiger partial charge in [-0.1, -0.05) is 43.1 Å². The minimum Gasteiger partial charge on any atom is -0.494 e. The van der Waals surface area contributed by atoms with Crippen molar-refractivity contribution >= 4 is 11.9 Å². The summed E-state index contributed by atoms with van der Waals surface area (Å²) in [5.41, 5.74) is 7.69. The highest BCUT2D eigenvalue weighted by molar-refractivity contribution is 7.96. The van der Waals surface area contributed by atoms with Crippen LogP contribution in [0, 0.1) is 6.92 Å². The molecule has 0 bridgehead atoms. The van der Waals surface area contributed by atoms with Gasteiger partial charge < -0.3 is 4.74 Å². The van der Waals surface area contributed by atoms with E-state index >= 15 is 0 Å². The molecule has 0 fully saturated rings. The zero-order chi connectivity index (χ0) is 21.6. The molecule has 1 aliphatic rings. The van der Waals surface area contributed by atoms with Crippen molar-refractivity contribution in [2.24, 2.45) is 0 Å². The third-order valence-electron chi connectivity index (χ3n) is 5.94. The Morgan fingerprint density at radius 3 is 2.61 bits per heavy atom. The van der Waals surface area contributed by atoms with E-state index in [0.717, 1.165) is 62.5 Å². The van der Waals surface area contributed by atoms with Crippen LogP contribution in [0.3, 0.4) is 0 Å². The molecule has 0 aliphatic carbocycles. The second kappa shape index (κ2) is 10.3. The Bertz CT molecular complexity index is 1020. The van der Waals surface area contributed by atoms with E-state index < -0.39 is 0 Å². The van der Waals surface area contributed by atoms with Crippen molar-refractivity contribution in [3.8, 4) is 17.1 Å². The van der Waals surface area contributed by atoms with Crippen molar-refractivity contribution in [2.75, 3.05) is 19.4 Å². The van der Waals surface area contributed by atoms with E-state index in [1.807, 2.05) is 24.3 Å². The Labute approximate surface area is 190 Å². The second-order valence-corrected chi connectivity index (χ2v) is 8.98. The molecule has 0 radical (unpaired) electrons. The molecule has 0 saturated carbocycles. The lowest BCUT2D eigenvalue weighted by atomic mass is 10.0. The fourth-order valence-corrected chi connectivity index (χ4v) is 4.57. The number of fused-ring (bicyclic) bond motifs is 1. The van der Waals surface area contributed by atoms with Gasteiger partial charge in [0.1, 0.15) is 5.75 Å². The van der Waals surface area contributed by atoms with E-state index in [1.165, 1.54) is 27.8 Å². The predicted molar refractivity (Wildman–Crippen MR) is 129 cm³/mol. The number of benzene rings is 2. The van der Waals surface area contributed by atoms with Crippen LogP contribution in [0.2, 0.25) is 0 Å². The topological polar surface area (TPSA) is 38.2 Å². The normalized spacial score (nSPS) is 13.8. The zero-order valence-electron chi connectivity index (χ0n) is 18.7. The summed E-state index contributed by atoms with van der Waals surface area (Å²) < 4.78 is 8.46. The van der Waals surface area contributed by atoms with Crippen molar-refractivity contribution in [3.05, 3.63) is 76.6 Å². The van der Waals surface area contributed by atoms with Crippen molar-refractivity contribution in [1.29, 1.82) is 0 Å². The monoisotopic (exact) mass is 433 g/mol. The Balaban J connectivity index is 1.29. The highest BCUT2D eigenvalue weighted by Crippen LogP contribution is 2.27. The number of nitrogens with zero attached hydrogens (tertiary/aromatic N) is 3. The van der Waals surface area contributed by atoms with Crippen molar-refractivity contribution in [1.82, 2.24) is 14.3 Å². The highest BCUT2D eigenvalue weighted by atomic mass is 32.2. The molecule has 1 aliphatic heterocycles. The molecule has 31 heavy (non-hydrogen) atoms. The first-order chi connectivity index (χ1) is 15.2. The number of hydrogen-bond donors (Lipinski definition) is 0. The third kappa shape index (κ3) is 5.46. The smallest absolute Gasteiger partial charge is 0.159 e. The number of hydrogen-bond acceptors (Lipinski definition) is 5. The third-order valence-corrected chi connectivity index (χ3v) is 6.77. The van der Waals surface area contributed by atoms with Gasteiger partial charge in [-0.3, -0.25) is 0 Å². The largest absolute Gasteiger partial charge is 0.494 e. The standard InChI is InChI=1S/C26H31N3OS/c1-4-20-16-27-26(28-17-20)25-10-7-21(14-19(25)2)6-5-13-30-24-9-8-23-18-29(31-3)12-11-22(23)15-24/h7-10,14-17H,4-6,11-13,18H2,1-3H3. The number of ether oxygens (including phenoxy) is 1. The van der Waals surface area contributed by atoms with Gasteiger partial charge in [0, 0.05) is 31.0 Å². The van der Waals surface area contributed by atoms with E-state index in [1.54, 1.807) is 0 Å². The molecule has 3 aromatic rings. The summed E-state index contributed by atoms with van der Waals surface area (Å²) in [5, 5.41) is 0. The SMILES string of the molecule is CCc1cnc(-c2ccc(CCCOc3ccc4c(c3)CCN(SC)C4)cc2C)nc1. The van der Waals surface area contributed by atoms with Crippen LogP contribution in [0.5, 0.6) is 5.75 Å². The maximum atomic E-state index is 6.05. The van der Waals surface area contributed by atoms with Crippen LogP contribution in [0.4, 0.5) is 0 Å². The minimum absolute atomic E-state index is 0.734. The van der Waals surface area contributed by atoms with Crippen molar-refractivity contribution < 1.29 is 4.74 Å². The van der Waals surface area contributed by atoms with Gasteiger partial charge in [0.2, 0.25) is 0 Å². The molecule has 0 unspecified atom stereocenters. The first-order valence-corrected chi connectivity index (χ1v) is 12.3. The molecule has 0 N–H and O–H groups in total. The van der Waals surface area contributed by atoms with Gasteiger partial charge in [-0.25, -0.2) is 14.3 Å². The summed E-state index contributed by atoms with van der Waals surface area (Å²) in [6, 6.07) is 13.2. The molecule has 2 aromatic carbocycles. The molecule has 0 amide bonds. The van der Waals surface area contributed by atoms with Crippen molar-refractivity contribution in [2.45, 2.75) is 46.1 Å². The first kappa shape index (κ1) is 21.8.